The summed E-state index contributed by atoms with van der Waals surface area (Å²) in [5.74, 6) is 0. The van der Waals surface area contributed by atoms with Gasteiger partial charge in [0.05, 0.1) is 17.5 Å². The molecule has 0 aromatic heterocycles. The van der Waals surface area contributed by atoms with Gasteiger partial charge < -0.3 is 10.1 Å². The van der Waals surface area contributed by atoms with E-state index >= 15 is 0 Å². The Kier molecular flexibility index (Phi) is 6.09. The van der Waals surface area contributed by atoms with Gasteiger partial charge in [0.1, 0.15) is 0 Å². The van der Waals surface area contributed by atoms with Crippen molar-refractivity contribution in [2.45, 2.75) is 30.9 Å². The maximum absolute atomic E-state index is 13.3. The molecule has 3 rings (SSSR count). The van der Waals surface area contributed by atoms with E-state index in [-0.39, 0.29) is 6.04 Å². The highest BCUT2D eigenvalue weighted by Crippen LogP contribution is 2.29. The van der Waals surface area contributed by atoms with E-state index in [0.29, 0.717) is 31.1 Å². The molecule has 5 nitrogen and oxygen atoms in total. The lowest BCUT2D eigenvalue weighted by atomic mass is 10.0. The van der Waals surface area contributed by atoms with Crippen molar-refractivity contribution in [3.05, 3.63) is 65.2 Å². The summed E-state index contributed by atoms with van der Waals surface area (Å²) >= 11 is 0. The van der Waals surface area contributed by atoms with Crippen molar-refractivity contribution in [3.8, 4) is 0 Å². The minimum atomic E-state index is -3.58. The normalized spacial score (nSPS) is 18.8. The summed E-state index contributed by atoms with van der Waals surface area (Å²) in [6.45, 7) is 4.23. The molecule has 2 aromatic carbocycles. The fraction of sp³-hybridized carbons (Fsp3) is 0.400. The van der Waals surface area contributed by atoms with Crippen LogP contribution in [0.3, 0.4) is 0 Å². The van der Waals surface area contributed by atoms with Gasteiger partial charge in [0.25, 0.3) is 0 Å². The summed E-state index contributed by atoms with van der Waals surface area (Å²) in [6.07, 6.45) is 0.970. The summed E-state index contributed by atoms with van der Waals surface area (Å²) < 4.78 is 33.4. The Labute approximate surface area is 156 Å². The van der Waals surface area contributed by atoms with Crippen molar-refractivity contribution in [1.29, 1.82) is 0 Å². The van der Waals surface area contributed by atoms with Gasteiger partial charge in [-0.25, -0.2) is 8.42 Å². The number of hydrogen-bond donors (Lipinski definition) is 1. The fourth-order valence-electron chi connectivity index (χ4n) is 3.33. The van der Waals surface area contributed by atoms with Crippen LogP contribution < -0.4 is 5.32 Å². The summed E-state index contributed by atoms with van der Waals surface area (Å²) in [5.41, 5.74) is 3.12. The number of piperazine rings is 1. The fourth-order valence-corrected chi connectivity index (χ4v) is 5.02. The number of methoxy groups -OCH3 is 1. The molecule has 26 heavy (non-hydrogen) atoms. The van der Waals surface area contributed by atoms with Crippen LogP contribution >= 0.6 is 0 Å². The third-order valence-electron chi connectivity index (χ3n) is 4.78. The van der Waals surface area contributed by atoms with E-state index in [2.05, 4.69) is 24.4 Å². The van der Waals surface area contributed by atoms with Crippen LogP contribution in [0.4, 0.5) is 0 Å². The van der Waals surface area contributed by atoms with Crippen molar-refractivity contribution in [2.75, 3.05) is 26.7 Å². The van der Waals surface area contributed by atoms with Crippen molar-refractivity contribution in [1.82, 2.24) is 9.62 Å². The van der Waals surface area contributed by atoms with Crippen LogP contribution in [0.15, 0.2) is 53.4 Å². The lowest BCUT2D eigenvalue weighted by Crippen LogP contribution is -2.48. The molecule has 1 aliphatic heterocycles. The first-order valence-corrected chi connectivity index (χ1v) is 10.4. The maximum atomic E-state index is 13.3. The van der Waals surface area contributed by atoms with Crippen LogP contribution in [0, 0.1) is 0 Å². The third-order valence-corrected chi connectivity index (χ3v) is 6.69. The third kappa shape index (κ3) is 3.99. The van der Waals surface area contributed by atoms with Crippen molar-refractivity contribution < 1.29 is 13.2 Å². The molecule has 0 bridgehead atoms. The second-order valence-corrected chi connectivity index (χ2v) is 8.40. The standard InChI is InChI=1S/C20H26N2O3S/c1-3-16-7-9-18(10-8-16)20-14-21-11-12-22(20)26(23,24)19-6-4-5-17(13-19)15-25-2/h4-10,13,20-21H,3,11-12,14-15H2,1-2H3. The number of rotatable bonds is 6. The van der Waals surface area contributed by atoms with Gasteiger partial charge in [-0.05, 0) is 35.2 Å². The summed E-state index contributed by atoms with van der Waals surface area (Å²) in [5, 5.41) is 3.32. The van der Waals surface area contributed by atoms with Gasteiger partial charge in [-0.3, -0.25) is 0 Å². The number of sulfonamides is 1. The molecule has 140 valence electrons. The van der Waals surface area contributed by atoms with E-state index in [1.54, 1.807) is 29.6 Å². The lowest BCUT2D eigenvalue weighted by molar-refractivity contribution is 0.184. The van der Waals surface area contributed by atoms with Gasteiger partial charge >= 0.3 is 0 Å². The van der Waals surface area contributed by atoms with Crippen LogP contribution in [0.2, 0.25) is 0 Å². The minimum absolute atomic E-state index is 0.203. The zero-order valence-electron chi connectivity index (χ0n) is 15.3. The highest BCUT2D eigenvalue weighted by atomic mass is 32.2. The molecular formula is C20H26N2O3S. The molecule has 1 atom stereocenters. The predicted molar refractivity (Wildman–Crippen MR) is 102 cm³/mol. The summed E-state index contributed by atoms with van der Waals surface area (Å²) in [4.78, 5) is 0.323. The zero-order valence-corrected chi connectivity index (χ0v) is 16.1. The van der Waals surface area contributed by atoms with Crippen LogP contribution in [0.5, 0.6) is 0 Å². The highest BCUT2D eigenvalue weighted by molar-refractivity contribution is 7.89. The van der Waals surface area contributed by atoms with Gasteiger partial charge in [-0.15, -0.1) is 0 Å². The molecule has 0 amide bonds. The number of hydrogen-bond acceptors (Lipinski definition) is 4. The molecule has 2 aromatic rings. The molecule has 1 aliphatic rings. The lowest BCUT2D eigenvalue weighted by Gasteiger charge is -2.35. The molecule has 1 heterocycles. The molecule has 6 heteroatoms. The Morgan fingerprint density at radius 3 is 2.62 bits per heavy atom. The topological polar surface area (TPSA) is 58.6 Å². The number of nitrogens with one attached hydrogen (secondary N) is 1. The first-order chi connectivity index (χ1) is 12.6. The molecule has 1 N–H and O–H groups in total. The molecule has 1 unspecified atom stereocenters. The van der Waals surface area contributed by atoms with Crippen molar-refractivity contribution in [2.24, 2.45) is 0 Å². The SMILES string of the molecule is CCc1ccc(C2CNCCN2S(=O)(=O)c2cccc(COC)c2)cc1. The predicted octanol–water partition coefficient (Wildman–Crippen LogP) is 2.73. The van der Waals surface area contributed by atoms with Crippen LogP contribution in [-0.4, -0.2) is 39.5 Å². The average Bonchev–Trinajstić information content (AvgIpc) is 2.68. The van der Waals surface area contributed by atoms with E-state index in [1.807, 2.05) is 18.2 Å². The Bertz CT molecular complexity index is 834. The smallest absolute Gasteiger partial charge is 0.243 e. The molecule has 0 radical (unpaired) electrons. The van der Waals surface area contributed by atoms with Gasteiger partial charge in [0.2, 0.25) is 10.0 Å². The summed E-state index contributed by atoms with van der Waals surface area (Å²) in [6, 6.07) is 15.1. The van der Waals surface area contributed by atoms with Crippen LogP contribution in [0.1, 0.15) is 29.7 Å². The first-order valence-electron chi connectivity index (χ1n) is 8.95. The molecule has 0 aliphatic carbocycles. The van der Waals surface area contributed by atoms with E-state index in [1.165, 1.54) is 5.56 Å². The Morgan fingerprint density at radius 1 is 1.15 bits per heavy atom. The molecular weight excluding hydrogens is 348 g/mol. The van der Waals surface area contributed by atoms with Crippen molar-refractivity contribution >= 4 is 10.0 Å². The monoisotopic (exact) mass is 374 g/mol. The second kappa shape index (κ2) is 8.31. The minimum Gasteiger partial charge on any atom is -0.380 e. The average molecular weight is 375 g/mol. The first kappa shape index (κ1) is 19.0. The maximum Gasteiger partial charge on any atom is 0.243 e. The van der Waals surface area contributed by atoms with Gasteiger partial charge in [-0.2, -0.15) is 4.31 Å². The van der Waals surface area contributed by atoms with Crippen LogP contribution in [-0.2, 0) is 27.8 Å². The highest BCUT2D eigenvalue weighted by Gasteiger charge is 2.34. The van der Waals surface area contributed by atoms with Gasteiger partial charge in [-0.1, -0.05) is 43.3 Å². The Hall–Kier alpha value is -1.73. The Balaban J connectivity index is 1.94. The molecule has 1 fully saturated rings. The Morgan fingerprint density at radius 2 is 1.92 bits per heavy atom. The number of aryl methyl sites for hydroxylation is 1. The van der Waals surface area contributed by atoms with Gasteiger partial charge in [0, 0.05) is 26.7 Å². The quantitative estimate of drug-likeness (QED) is 0.845. The van der Waals surface area contributed by atoms with E-state index in [4.69, 9.17) is 4.74 Å². The molecule has 1 saturated heterocycles. The summed E-state index contributed by atoms with van der Waals surface area (Å²) in [7, 11) is -1.97. The molecule has 0 saturated carbocycles. The number of benzene rings is 2. The number of ether oxygens (including phenoxy) is 1. The van der Waals surface area contributed by atoms with E-state index in [9.17, 15) is 8.42 Å². The van der Waals surface area contributed by atoms with Crippen LogP contribution in [0.25, 0.3) is 0 Å². The second-order valence-electron chi connectivity index (χ2n) is 6.51. The number of nitrogens with zero attached hydrogens (tertiary/aromatic N) is 1. The largest absolute Gasteiger partial charge is 0.380 e. The zero-order chi connectivity index (χ0) is 18.6. The van der Waals surface area contributed by atoms with Crippen molar-refractivity contribution in [3.63, 3.8) is 0 Å². The van der Waals surface area contributed by atoms with Gasteiger partial charge in [0.15, 0.2) is 0 Å². The van der Waals surface area contributed by atoms with E-state index in [0.717, 1.165) is 17.5 Å². The van der Waals surface area contributed by atoms with E-state index < -0.39 is 10.0 Å². The molecule has 0 spiro atoms.